The van der Waals surface area contributed by atoms with Gasteiger partial charge in [0.1, 0.15) is 6.10 Å². The molecule has 0 aliphatic heterocycles. The Morgan fingerprint density at radius 3 is 2.40 bits per heavy atom. The molecule has 0 aliphatic rings. The summed E-state index contributed by atoms with van der Waals surface area (Å²) in [6.45, 7) is 6.13. The van der Waals surface area contributed by atoms with E-state index in [-0.39, 0.29) is 11.9 Å². The molecule has 112 valence electrons. The van der Waals surface area contributed by atoms with Crippen molar-refractivity contribution in [2.45, 2.75) is 51.8 Å². The summed E-state index contributed by atoms with van der Waals surface area (Å²) in [5.74, 6) is 0.113. The van der Waals surface area contributed by atoms with Gasteiger partial charge >= 0.3 is 0 Å². The number of nitrogens with one attached hydrogen (secondary N) is 1. The fraction of sp³-hybridized carbons (Fsp3) is 0.562. The Morgan fingerprint density at radius 2 is 1.85 bits per heavy atom. The first-order chi connectivity index (χ1) is 9.40. The fourth-order valence-electron chi connectivity index (χ4n) is 2.29. The number of hydrogen-bond donors (Lipinski definition) is 3. The van der Waals surface area contributed by atoms with E-state index in [0.29, 0.717) is 12.3 Å². The lowest BCUT2D eigenvalue weighted by Gasteiger charge is -2.22. The number of hydrogen-bond acceptors (Lipinski definition) is 3. The fourth-order valence-corrected chi connectivity index (χ4v) is 2.29. The van der Waals surface area contributed by atoms with Crippen molar-refractivity contribution in [3.63, 3.8) is 0 Å². The molecule has 0 radical (unpaired) electrons. The van der Waals surface area contributed by atoms with Crippen LogP contribution in [0.2, 0.25) is 0 Å². The van der Waals surface area contributed by atoms with Crippen molar-refractivity contribution in [2.24, 2.45) is 11.7 Å². The maximum absolute atomic E-state index is 11.9. The number of aliphatic hydroxyl groups excluding tert-OH is 1. The highest BCUT2D eigenvalue weighted by Gasteiger charge is 2.24. The summed E-state index contributed by atoms with van der Waals surface area (Å²) in [5, 5.41) is 12.8. The summed E-state index contributed by atoms with van der Waals surface area (Å²) in [5.41, 5.74) is 6.93. The van der Waals surface area contributed by atoms with Gasteiger partial charge in [-0.2, -0.15) is 0 Å². The van der Waals surface area contributed by atoms with Crippen LogP contribution in [0, 0.1) is 5.92 Å². The first-order valence-electron chi connectivity index (χ1n) is 7.18. The lowest BCUT2D eigenvalue weighted by Crippen LogP contribution is -2.49. The smallest absolute Gasteiger partial charge is 0.250 e. The molecule has 3 atom stereocenters. The van der Waals surface area contributed by atoms with Gasteiger partial charge in [0.25, 0.3) is 5.91 Å². The summed E-state index contributed by atoms with van der Waals surface area (Å²) in [7, 11) is 0. The largest absolute Gasteiger partial charge is 0.382 e. The summed E-state index contributed by atoms with van der Waals surface area (Å²) in [6, 6.07) is 9.08. The number of aliphatic hydroxyl groups is 1. The molecule has 0 fully saturated rings. The highest BCUT2D eigenvalue weighted by molar-refractivity contribution is 5.81. The van der Waals surface area contributed by atoms with Crippen LogP contribution in [0.25, 0.3) is 0 Å². The van der Waals surface area contributed by atoms with Crippen molar-refractivity contribution in [3.05, 3.63) is 35.9 Å². The minimum Gasteiger partial charge on any atom is -0.382 e. The normalized spacial score (nSPS) is 15.7. The van der Waals surface area contributed by atoms with E-state index in [4.69, 9.17) is 5.73 Å². The monoisotopic (exact) mass is 278 g/mol. The predicted molar refractivity (Wildman–Crippen MR) is 81.2 cm³/mol. The third-order valence-electron chi connectivity index (χ3n) is 3.20. The lowest BCUT2D eigenvalue weighted by molar-refractivity contribution is -0.131. The third-order valence-corrected chi connectivity index (χ3v) is 3.20. The molecular formula is C16H26N2O2. The summed E-state index contributed by atoms with van der Waals surface area (Å²) >= 11 is 0. The minimum atomic E-state index is -1.18. The second kappa shape index (κ2) is 8.02. The van der Waals surface area contributed by atoms with Gasteiger partial charge in [0, 0.05) is 12.1 Å². The molecule has 0 aromatic heterocycles. The summed E-state index contributed by atoms with van der Waals surface area (Å²) in [4.78, 5) is 11.9. The molecule has 4 N–H and O–H groups in total. The number of rotatable bonds is 7. The molecule has 1 aromatic rings. The Bertz CT molecular complexity index is 406. The predicted octanol–water partition coefficient (Wildman–Crippen LogP) is 1.47. The van der Waals surface area contributed by atoms with E-state index in [1.807, 2.05) is 37.3 Å². The van der Waals surface area contributed by atoms with E-state index >= 15 is 0 Å². The Labute approximate surface area is 121 Å². The number of amides is 1. The number of nitrogens with two attached hydrogens (primary N) is 1. The molecule has 20 heavy (non-hydrogen) atoms. The van der Waals surface area contributed by atoms with E-state index < -0.39 is 12.1 Å². The van der Waals surface area contributed by atoms with E-state index in [1.54, 1.807) is 0 Å². The first kappa shape index (κ1) is 16.7. The van der Waals surface area contributed by atoms with Crippen LogP contribution in [0.5, 0.6) is 0 Å². The van der Waals surface area contributed by atoms with Crippen molar-refractivity contribution >= 4 is 5.91 Å². The van der Waals surface area contributed by atoms with Crippen LogP contribution in [0.3, 0.4) is 0 Å². The van der Waals surface area contributed by atoms with Gasteiger partial charge in [-0.1, -0.05) is 44.2 Å². The van der Waals surface area contributed by atoms with Gasteiger partial charge in [0.2, 0.25) is 0 Å². The quantitative estimate of drug-likeness (QED) is 0.707. The first-order valence-corrected chi connectivity index (χ1v) is 7.18. The van der Waals surface area contributed by atoms with Crippen molar-refractivity contribution in [3.8, 4) is 0 Å². The second-order valence-electron chi connectivity index (χ2n) is 5.84. The van der Waals surface area contributed by atoms with Gasteiger partial charge < -0.3 is 16.2 Å². The zero-order chi connectivity index (χ0) is 15.1. The SMILES string of the molecule is CC(C)C[C@@H](C)NC(=O)[C@@H](O)[C@H](N)Cc1ccccc1. The van der Waals surface area contributed by atoms with Gasteiger partial charge in [-0.25, -0.2) is 0 Å². The van der Waals surface area contributed by atoms with Crippen LogP contribution in [0.1, 0.15) is 32.8 Å². The number of carbonyl (C=O) groups is 1. The zero-order valence-corrected chi connectivity index (χ0v) is 12.5. The molecule has 0 aliphatic carbocycles. The average molecular weight is 278 g/mol. The zero-order valence-electron chi connectivity index (χ0n) is 12.5. The van der Waals surface area contributed by atoms with Gasteiger partial charge in [-0.05, 0) is 31.2 Å². The molecule has 1 rings (SSSR count). The van der Waals surface area contributed by atoms with E-state index in [9.17, 15) is 9.90 Å². The molecular weight excluding hydrogens is 252 g/mol. The highest BCUT2D eigenvalue weighted by atomic mass is 16.3. The van der Waals surface area contributed by atoms with Gasteiger partial charge in [-0.15, -0.1) is 0 Å². The molecule has 1 aromatic carbocycles. The molecule has 4 heteroatoms. The molecule has 1 amide bonds. The molecule has 0 saturated carbocycles. The van der Waals surface area contributed by atoms with Crippen LogP contribution in [0.4, 0.5) is 0 Å². The maximum Gasteiger partial charge on any atom is 0.250 e. The molecule has 0 spiro atoms. The van der Waals surface area contributed by atoms with Crippen molar-refractivity contribution in [2.75, 3.05) is 0 Å². The minimum absolute atomic E-state index is 0.0427. The third kappa shape index (κ3) is 5.72. The Morgan fingerprint density at radius 1 is 1.25 bits per heavy atom. The Hall–Kier alpha value is -1.39. The van der Waals surface area contributed by atoms with Crippen molar-refractivity contribution < 1.29 is 9.90 Å². The van der Waals surface area contributed by atoms with E-state index in [2.05, 4.69) is 19.2 Å². The van der Waals surface area contributed by atoms with Gasteiger partial charge in [-0.3, -0.25) is 4.79 Å². The molecule has 0 heterocycles. The van der Waals surface area contributed by atoms with Crippen molar-refractivity contribution in [1.29, 1.82) is 0 Å². The number of benzene rings is 1. The van der Waals surface area contributed by atoms with Gasteiger partial charge in [0.15, 0.2) is 0 Å². The van der Waals surface area contributed by atoms with E-state index in [0.717, 1.165) is 12.0 Å². The van der Waals surface area contributed by atoms with Crippen LogP contribution in [-0.4, -0.2) is 29.2 Å². The molecule has 4 nitrogen and oxygen atoms in total. The molecule has 0 unspecified atom stereocenters. The topological polar surface area (TPSA) is 75.3 Å². The van der Waals surface area contributed by atoms with Crippen molar-refractivity contribution in [1.82, 2.24) is 5.32 Å². The number of carbonyl (C=O) groups excluding carboxylic acids is 1. The van der Waals surface area contributed by atoms with Crippen LogP contribution in [-0.2, 0) is 11.2 Å². The average Bonchev–Trinajstić information content (AvgIpc) is 2.37. The van der Waals surface area contributed by atoms with Gasteiger partial charge in [0.05, 0.1) is 0 Å². The Kier molecular flexibility index (Phi) is 6.68. The van der Waals surface area contributed by atoms with E-state index in [1.165, 1.54) is 0 Å². The molecule has 0 saturated heterocycles. The standard InChI is InChI=1S/C16H26N2O2/c1-11(2)9-12(3)18-16(20)15(19)14(17)10-13-7-5-4-6-8-13/h4-8,11-12,14-15,19H,9-10,17H2,1-3H3,(H,18,20)/t12-,14-,15+/m1/s1. The summed E-state index contributed by atoms with van der Waals surface area (Å²) in [6.07, 6.45) is 0.185. The molecule has 0 bridgehead atoms. The van der Waals surface area contributed by atoms with Crippen LogP contribution < -0.4 is 11.1 Å². The summed E-state index contributed by atoms with van der Waals surface area (Å²) < 4.78 is 0. The highest BCUT2D eigenvalue weighted by Crippen LogP contribution is 2.07. The van der Waals surface area contributed by atoms with Crippen LogP contribution >= 0.6 is 0 Å². The second-order valence-corrected chi connectivity index (χ2v) is 5.84. The lowest BCUT2D eigenvalue weighted by atomic mass is 10.0. The van der Waals surface area contributed by atoms with Crippen LogP contribution in [0.15, 0.2) is 30.3 Å². The Balaban J connectivity index is 2.47. The maximum atomic E-state index is 11.9.